The largest absolute Gasteiger partial charge is 0.480 e. The Bertz CT molecular complexity index is 454. The van der Waals surface area contributed by atoms with Crippen molar-refractivity contribution in [2.45, 2.75) is 0 Å². The summed E-state index contributed by atoms with van der Waals surface area (Å²) in [4.78, 5) is 4.31. The fraction of sp³-hybridized carbons (Fsp3) is 0.0833. The van der Waals surface area contributed by atoms with Gasteiger partial charge in [0.1, 0.15) is 0 Å². The van der Waals surface area contributed by atoms with Crippen molar-refractivity contribution in [3.63, 3.8) is 0 Å². The highest BCUT2D eigenvalue weighted by atomic mass is 16.5. The van der Waals surface area contributed by atoms with E-state index in [-0.39, 0.29) is 0 Å². The van der Waals surface area contributed by atoms with Gasteiger partial charge in [0.15, 0.2) is 0 Å². The third kappa shape index (κ3) is 1.91. The molecule has 1 aromatic heterocycles. The van der Waals surface area contributed by atoms with Crippen LogP contribution >= 0.6 is 0 Å². The van der Waals surface area contributed by atoms with Gasteiger partial charge >= 0.3 is 0 Å². The van der Waals surface area contributed by atoms with Crippen LogP contribution in [0.3, 0.4) is 0 Å². The first-order valence-electron chi connectivity index (χ1n) is 4.67. The van der Waals surface area contributed by atoms with Gasteiger partial charge in [0.2, 0.25) is 5.88 Å². The molecule has 15 heavy (non-hydrogen) atoms. The molecule has 0 radical (unpaired) electrons. The Morgan fingerprint density at radius 2 is 1.80 bits per heavy atom. The predicted molar refractivity (Wildman–Crippen MR) is 60.6 cm³/mol. The van der Waals surface area contributed by atoms with Crippen LogP contribution in [0.5, 0.6) is 5.88 Å². The number of pyridine rings is 1. The van der Waals surface area contributed by atoms with E-state index in [2.05, 4.69) is 4.98 Å². The number of hydrogen-bond acceptors (Lipinski definition) is 3. The molecule has 3 nitrogen and oxygen atoms in total. The zero-order valence-corrected chi connectivity index (χ0v) is 8.47. The van der Waals surface area contributed by atoms with Crippen molar-refractivity contribution >= 4 is 5.69 Å². The van der Waals surface area contributed by atoms with Crippen molar-refractivity contribution in [1.29, 1.82) is 0 Å². The van der Waals surface area contributed by atoms with E-state index in [4.69, 9.17) is 10.5 Å². The second-order valence-electron chi connectivity index (χ2n) is 3.16. The molecule has 0 bridgehead atoms. The lowest BCUT2D eigenvalue weighted by molar-refractivity contribution is 0.401. The van der Waals surface area contributed by atoms with Gasteiger partial charge < -0.3 is 10.5 Å². The summed E-state index contributed by atoms with van der Waals surface area (Å²) in [7, 11) is 1.56. The Morgan fingerprint density at radius 3 is 2.47 bits per heavy atom. The lowest BCUT2D eigenvalue weighted by atomic mass is 10.1. The van der Waals surface area contributed by atoms with Gasteiger partial charge in [-0.1, -0.05) is 30.3 Å². The summed E-state index contributed by atoms with van der Waals surface area (Å²) in [6.07, 6.45) is 0. The zero-order chi connectivity index (χ0) is 10.7. The minimum Gasteiger partial charge on any atom is -0.480 e. The molecular formula is C12H12N2O. The lowest BCUT2D eigenvalue weighted by Crippen LogP contribution is -1.96. The monoisotopic (exact) mass is 200 g/mol. The molecule has 2 N–H and O–H groups in total. The number of nitrogen functional groups attached to an aromatic ring is 1. The van der Waals surface area contributed by atoms with Crippen LogP contribution in [-0.4, -0.2) is 12.1 Å². The van der Waals surface area contributed by atoms with Crippen LogP contribution < -0.4 is 10.5 Å². The topological polar surface area (TPSA) is 48.1 Å². The molecule has 0 atom stereocenters. The number of hydrogen-bond donors (Lipinski definition) is 1. The van der Waals surface area contributed by atoms with E-state index in [1.165, 1.54) is 0 Å². The Balaban J connectivity index is 2.46. The average molecular weight is 200 g/mol. The van der Waals surface area contributed by atoms with Crippen molar-refractivity contribution in [3.05, 3.63) is 42.5 Å². The Kier molecular flexibility index (Phi) is 2.54. The van der Waals surface area contributed by atoms with Crippen molar-refractivity contribution < 1.29 is 4.74 Å². The highest BCUT2D eigenvalue weighted by Gasteiger charge is 2.03. The van der Waals surface area contributed by atoms with Crippen LogP contribution in [0.15, 0.2) is 42.5 Å². The molecule has 0 saturated heterocycles. The molecule has 1 aromatic carbocycles. The normalized spacial score (nSPS) is 9.93. The Morgan fingerprint density at radius 1 is 1.07 bits per heavy atom. The number of nitrogens with zero attached hydrogens (tertiary/aromatic N) is 1. The number of methoxy groups -OCH3 is 1. The maximum Gasteiger partial charge on any atom is 0.237 e. The third-order valence-corrected chi connectivity index (χ3v) is 2.15. The van der Waals surface area contributed by atoms with E-state index in [0.29, 0.717) is 11.6 Å². The van der Waals surface area contributed by atoms with Gasteiger partial charge in [-0.25, -0.2) is 4.98 Å². The van der Waals surface area contributed by atoms with E-state index in [1.807, 2.05) is 36.4 Å². The molecule has 3 heteroatoms. The molecule has 0 saturated carbocycles. The van der Waals surface area contributed by atoms with E-state index < -0.39 is 0 Å². The molecule has 0 aliphatic carbocycles. The summed E-state index contributed by atoms with van der Waals surface area (Å²) in [5.74, 6) is 0.469. The second kappa shape index (κ2) is 4.00. The fourth-order valence-electron chi connectivity index (χ4n) is 1.38. The molecule has 0 amide bonds. The molecule has 76 valence electrons. The predicted octanol–water partition coefficient (Wildman–Crippen LogP) is 2.34. The lowest BCUT2D eigenvalue weighted by Gasteiger charge is -2.05. The Labute approximate surface area is 88.5 Å². The minimum absolute atomic E-state index is 0.469. The number of nitrogens with two attached hydrogens (primary N) is 1. The van der Waals surface area contributed by atoms with Crippen LogP contribution in [0.4, 0.5) is 5.69 Å². The molecule has 2 aromatic rings. The maximum atomic E-state index is 5.69. The van der Waals surface area contributed by atoms with E-state index in [1.54, 1.807) is 13.2 Å². The van der Waals surface area contributed by atoms with E-state index in [0.717, 1.165) is 11.3 Å². The quantitative estimate of drug-likeness (QED) is 0.809. The van der Waals surface area contributed by atoms with Crippen LogP contribution in [-0.2, 0) is 0 Å². The van der Waals surface area contributed by atoms with Gasteiger partial charge in [-0.3, -0.25) is 0 Å². The SMILES string of the molecule is COc1nc(-c2ccccc2)ccc1N. The van der Waals surface area contributed by atoms with Gasteiger partial charge in [-0.05, 0) is 12.1 Å². The summed E-state index contributed by atoms with van der Waals surface area (Å²) in [5, 5.41) is 0. The first-order valence-corrected chi connectivity index (χ1v) is 4.67. The molecule has 0 unspecified atom stereocenters. The van der Waals surface area contributed by atoms with Gasteiger partial charge in [-0.2, -0.15) is 0 Å². The molecule has 1 heterocycles. The van der Waals surface area contributed by atoms with Crippen LogP contribution in [0.2, 0.25) is 0 Å². The van der Waals surface area contributed by atoms with Crippen molar-refractivity contribution in [2.24, 2.45) is 0 Å². The molecule has 0 aliphatic heterocycles. The van der Waals surface area contributed by atoms with Crippen molar-refractivity contribution in [3.8, 4) is 17.1 Å². The van der Waals surface area contributed by atoms with Gasteiger partial charge in [-0.15, -0.1) is 0 Å². The summed E-state index contributed by atoms with van der Waals surface area (Å²) in [6, 6.07) is 13.6. The Hall–Kier alpha value is -2.03. The molecular weight excluding hydrogens is 188 g/mol. The standard InChI is InChI=1S/C12H12N2O/c1-15-12-10(13)7-8-11(14-12)9-5-3-2-4-6-9/h2-8H,13H2,1H3. The smallest absolute Gasteiger partial charge is 0.237 e. The van der Waals surface area contributed by atoms with E-state index in [9.17, 15) is 0 Å². The van der Waals surface area contributed by atoms with Crippen molar-refractivity contribution in [2.75, 3.05) is 12.8 Å². The summed E-state index contributed by atoms with van der Waals surface area (Å²) in [5.41, 5.74) is 8.16. The molecule has 0 aliphatic rings. The van der Waals surface area contributed by atoms with Crippen LogP contribution in [0.25, 0.3) is 11.3 Å². The number of aromatic nitrogens is 1. The number of rotatable bonds is 2. The average Bonchev–Trinajstić information content (AvgIpc) is 2.31. The first-order chi connectivity index (χ1) is 7.31. The fourth-order valence-corrected chi connectivity index (χ4v) is 1.38. The number of benzene rings is 1. The summed E-state index contributed by atoms with van der Waals surface area (Å²) in [6.45, 7) is 0. The second-order valence-corrected chi connectivity index (χ2v) is 3.16. The van der Waals surface area contributed by atoms with Gasteiger partial charge in [0, 0.05) is 5.56 Å². The zero-order valence-electron chi connectivity index (χ0n) is 8.47. The molecule has 0 spiro atoms. The summed E-state index contributed by atoms with van der Waals surface area (Å²) < 4.78 is 5.07. The van der Waals surface area contributed by atoms with Gasteiger partial charge in [0.25, 0.3) is 0 Å². The van der Waals surface area contributed by atoms with Crippen molar-refractivity contribution in [1.82, 2.24) is 4.98 Å². The molecule has 2 rings (SSSR count). The third-order valence-electron chi connectivity index (χ3n) is 2.15. The van der Waals surface area contributed by atoms with Crippen LogP contribution in [0, 0.1) is 0 Å². The molecule has 0 fully saturated rings. The van der Waals surface area contributed by atoms with Crippen LogP contribution in [0.1, 0.15) is 0 Å². The van der Waals surface area contributed by atoms with E-state index >= 15 is 0 Å². The summed E-state index contributed by atoms with van der Waals surface area (Å²) >= 11 is 0. The first kappa shape index (κ1) is 9.52. The number of ether oxygens (including phenoxy) is 1. The van der Waals surface area contributed by atoms with Gasteiger partial charge in [0.05, 0.1) is 18.5 Å². The number of anilines is 1. The maximum absolute atomic E-state index is 5.69. The minimum atomic E-state index is 0.469. The highest BCUT2D eigenvalue weighted by molar-refractivity contribution is 5.63. The highest BCUT2D eigenvalue weighted by Crippen LogP contribution is 2.23.